The van der Waals surface area contributed by atoms with E-state index in [4.69, 9.17) is 0 Å². The van der Waals surface area contributed by atoms with Crippen LogP contribution in [0.2, 0.25) is 0 Å². The number of anilines is 1. The highest BCUT2D eigenvalue weighted by atomic mass is 16.2. The number of aromatic nitrogens is 2. The zero-order valence-corrected chi connectivity index (χ0v) is 21.2. The second kappa shape index (κ2) is 13.3. The van der Waals surface area contributed by atoms with Crippen LogP contribution in [0.3, 0.4) is 0 Å². The van der Waals surface area contributed by atoms with Gasteiger partial charge in [-0.05, 0) is 62.3 Å². The minimum absolute atomic E-state index is 0.168. The lowest BCUT2D eigenvalue weighted by Crippen LogP contribution is -2.12. The molecular formula is C30H36N4O. The first-order valence-corrected chi connectivity index (χ1v) is 12.3. The van der Waals surface area contributed by atoms with Crippen LogP contribution < -0.4 is 5.32 Å². The Morgan fingerprint density at radius 2 is 1.60 bits per heavy atom. The average Bonchev–Trinajstić information content (AvgIpc) is 3.66. The third-order valence-electron chi connectivity index (χ3n) is 5.40. The fourth-order valence-corrected chi connectivity index (χ4v) is 3.50. The highest BCUT2D eigenvalue weighted by Gasteiger charge is 2.29. The molecule has 0 spiro atoms. The third kappa shape index (κ3) is 8.23. The molecule has 1 fully saturated rings. The molecule has 0 saturated heterocycles. The lowest BCUT2D eigenvalue weighted by atomic mass is 10.1. The lowest BCUT2D eigenvalue weighted by Gasteiger charge is -2.09. The van der Waals surface area contributed by atoms with Crippen molar-refractivity contribution in [1.82, 2.24) is 15.1 Å². The number of para-hydroxylation sites is 2. The molecule has 2 N–H and O–H groups in total. The molecule has 1 saturated carbocycles. The van der Waals surface area contributed by atoms with E-state index in [2.05, 4.69) is 77.0 Å². The summed E-state index contributed by atoms with van der Waals surface area (Å²) in [6.07, 6.45) is 6.26. The Bertz CT molecular complexity index is 1210. The summed E-state index contributed by atoms with van der Waals surface area (Å²) in [5, 5.41) is 11.4. The molecule has 0 bridgehead atoms. The molecule has 5 rings (SSSR count). The molecule has 1 aliphatic rings. The van der Waals surface area contributed by atoms with Crippen molar-refractivity contribution in [3.05, 3.63) is 95.7 Å². The quantitative estimate of drug-likeness (QED) is 0.325. The highest BCUT2D eigenvalue weighted by molar-refractivity contribution is 5.94. The van der Waals surface area contributed by atoms with E-state index in [0.29, 0.717) is 0 Å². The highest BCUT2D eigenvalue weighted by Crippen LogP contribution is 2.30. The number of H-pyrrole nitrogens is 1. The van der Waals surface area contributed by atoms with E-state index in [9.17, 15) is 4.79 Å². The van der Waals surface area contributed by atoms with Crippen LogP contribution in [0.1, 0.15) is 43.5 Å². The lowest BCUT2D eigenvalue weighted by molar-refractivity contribution is -0.117. The van der Waals surface area contributed by atoms with E-state index < -0.39 is 0 Å². The van der Waals surface area contributed by atoms with Crippen molar-refractivity contribution in [2.75, 3.05) is 19.4 Å². The zero-order valence-electron chi connectivity index (χ0n) is 21.2. The van der Waals surface area contributed by atoms with Gasteiger partial charge >= 0.3 is 0 Å². The van der Waals surface area contributed by atoms with Gasteiger partial charge in [0.25, 0.3) is 0 Å². The molecular weight excluding hydrogens is 432 g/mol. The smallest absolute Gasteiger partial charge is 0.227 e. The number of carbonyl (C=O) groups excluding carboxylic acids is 1. The van der Waals surface area contributed by atoms with Gasteiger partial charge in [0.05, 0.1) is 11.2 Å². The summed E-state index contributed by atoms with van der Waals surface area (Å²) in [5.41, 5.74) is 5.45. The molecule has 0 unspecified atom stereocenters. The predicted molar refractivity (Wildman–Crippen MR) is 148 cm³/mol. The maximum atomic E-state index is 11.3. The summed E-state index contributed by atoms with van der Waals surface area (Å²) in [6, 6.07) is 26.4. The van der Waals surface area contributed by atoms with Gasteiger partial charge in [0.1, 0.15) is 0 Å². The first-order chi connectivity index (χ1) is 17.1. The van der Waals surface area contributed by atoms with Gasteiger partial charge in [0.2, 0.25) is 5.91 Å². The van der Waals surface area contributed by atoms with E-state index in [1.807, 2.05) is 62.4 Å². The van der Waals surface area contributed by atoms with Crippen molar-refractivity contribution in [2.45, 2.75) is 33.2 Å². The number of amides is 1. The molecule has 5 heteroatoms. The summed E-state index contributed by atoms with van der Waals surface area (Å²) in [5.74, 6) is 0.450. The zero-order chi connectivity index (χ0) is 25.0. The van der Waals surface area contributed by atoms with Crippen molar-refractivity contribution >= 4 is 34.6 Å². The fraction of sp³-hybridized carbons (Fsp3) is 0.267. The molecule has 1 aliphatic carbocycles. The first-order valence-electron chi connectivity index (χ1n) is 12.3. The van der Waals surface area contributed by atoms with Crippen molar-refractivity contribution in [3.63, 3.8) is 0 Å². The second-order valence-corrected chi connectivity index (χ2v) is 8.60. The third-order valence-corrected chi connectivity index (χ3v) is 5.40. The molecule has 1 heterocycles. The van der Waals surface area contributed by atoms with Crippen LogP contribution in [0, 0.1) is 5.92 Å². The van der Waals surface area contributed by atoms with E-state index in [0.717, 1.165) is 41.7 Å². The Hall–Kier alpha value is -3.70. The number of hydrogen-bond donors (Lipinski definition) is 2. The predicted octanol–water partition coefficient (Wildman–Crippen LogP) is 6.86. The largest absolute Gasteiger partial charge is 0.326 e. The number of nitrogens with one attached hydrogen (secondary N) is 2. The maximum Gasteiger partial charge on any atom is 0.227 e. The molecule has 3 aromatic carbocycles. The van der Waals surface area contributed by atoms with Crippen molar-refractivity contribution in [1.29, 1.82) is 0 Å². The van der Waals surface area contributed by atoms with Crippen LogP contribution in [-0.4, -0.2) is 35.1 Å². The molecule has 4 aromatic rings. The number of rotatable bonds is 6. The van der Waals surface area contributed by atoms with E-state index >= 15 is 0 Å². The normalized spacial score (nSPS) is 12.6. The Balaban J connectivity index is 0.000000207. The molecule has 35 heavy (non-hydrogen) atoms. The van der Waals surface area contributed by atoms with Crippen molar-refractivity contribution < 1.29 is 4.79 Å². The molecule has 0 aliphatic heterocycles. The maximum absolute atomic E-state index is 11.3. The van der Waals surface area contributed by atoms with Crippen molar-refractivity contribution in [2.24, 2.45) is 5.92 Å². The Morgan fingerprint density at radius 1 is 0.943 bits per heavy atom. The number of aromatic amines is 1. The number of hydrogen-bond acceptors (Lipinski definition) is 3. The van der Waals surface area contributed by atoms with Crippen LogP contribution in [0.15, 0.2) is 78.9 Å². The Morgan fingerprint density at radius 3 is 2.26 bits per heavy atom. The van der Waals surface area contributed by atoms with Gasteiger partial charge in [0.15, 0.2) is 0 Å². The van der Waals surface area contributed by atoms with Crippen LogP contribution >= 0.6 is 0 Å². The minimum atomic E-state index is 0.168. The van der Waals surface area contributed by atoms with Gasteiger partial charge in [0, 0.05) is 23.5 Å². The standard InChI is InChI=1S/C18H19N3.C10H11NO.C2H6/c1-21(2)13-15-9-7-14(8-10-15)11-12-18-16-5-3-4-6-17(16)19-20-18;12-10(8-6-7-8)11-9-4-2-1-3-5-9;1-2/h3-12H,13H2,1-2H3,(H,19,20);1-5,8H,6-7H2,(H,11,12);1-2H3/b12-11+;;. The first kappa shape index (κ1) is 25.9. The van der Waals surface area contributed by atoms with Gasteiger partial charge < -0.3 is 10.2 Å². The van der Waals surface area contributed by atoms with E-state index in [1.54, 1.807) is 0 Å². The Kier molecular flexibility index (Phi) is 9.81. The summed E-state index contributed by atoms with van der Waals surface area (Å²) in [6.45, 7) is 4.97. The van der Waals surface area contributed by atoms with Crippen LogP contribution in [0.5, 0.6) is 0 Å². The summed E-state index contributed by atoms with van der Waals surface area (Å²) in [7, 11) is 4.16. The van der Waals surface area contributed by atoms with Gasteiger partial charge in [-0.15, -0.1) is 0 Å². The number of benzene rings is 3. The topological polar surface area (TPSA) is 61.0 Å². The fourth-order valence-electron chi connectivity index (χ4n) is 3.50. The number of nitrogens with zero attached hydrogens (tertiary/aromatic N) is 2. The number of fused-ring (bicyclic) bond motifs is 1. The molecule has 1 aromatic heterocycles. The van der Waals surface area contributed by atoms with E-state index in [1.165, 1.54) is 11.1 Å². The molecule has 0 atom stereocenters. The van der Waals surface area contributed by atoms with Crippen LogP contribution in [0.4, 0.5) is 5.69 Å². The van der Waals surface area contributed by atoms with Crippen molar-refractivity contribution in [3.8, 4) is 0 Å². The summed E-state index contributed by atoms with van der Waals surface area (Å²) >= 11 is 0. The molecule has 5 nitrogen and oxygen atoms in total. The minimum Gasteiger partial charge on any atom is -0.326 e. The monoisotopic (exact) mass is 468 g/mol. The number of carbonyl (C=O) groups is 1. The Labute approximate surface area is 208 Å². The molecule has 182 valence electrons. The van der Waals surface area contributed by atoms with Gasteiger partial charge in [-0.25, -0.2) is 0 Å². The summed E-state index contributed by atoms with van der Waals surface area (Å²) < 4.78 is 0. The van der Waals surface area contributed by atoms with Crippen LogP contribution in [0.25, 0.3) is 23.1 Å². The van der Waals surface area contributed by atoms with Gasteiger partial charge in [-0.3, -0.25) is 9.89 Å². The van der Waals surface area contributed by atoms with Gasteiger partial charge in [-0.2, -0.15) is 5.10 Å². The van der Waals surface area contributed by atoms with Gasteiger partial charge in [-0.1, -0.05) is 80.6 Å². The summed E-state index contributed by atoms with van der Waals surface area (Å²) in [4.78, 5) is 13.4. The van der Waals surface area contributed by atoms with E-state index in [-0.39, 0.29) is 11.8 Å². The van der Waals surface area contributed by atoms with Crippen LogP contribution in [-0.2, 0) is 11.3 Å². The average molecular weight is 469 g/mol. The molecule has 1 amide bonds. The SMILES string of the molecule is CC.CN(C)Cc1ccc(/C=C/c2n[nH]c3ccccc23)cc1.O=C(Nc1ccccc1)C1CC1. The molecule has 0 radical (unpaired) electrons. The second-order valence-electron chi connectivity index (χ2n) is 8.60.